The third kappa shape index (κ3) is 5.32. The van der Waals surface area contributed by atoms with Crippen molar-refractivity contribution in [1.82, 2.24) is 4.98 Å². The minimum Gasteiger partial charge on any atom is -0.482 e. The van der Waals surface area contributed by atoms with Gasteiger partial charge in [0.1, 0.15) is 12.4 Å². The number of aryl methyl sites for hydroxylation is 2. The van der Waals surface area contributed by atoms with Crippen LogP contribution in [0.3, 0.4) is 0 Å². The summed E-state index contributed by atoms with van der Waals surface area (Å²) < 4.78 is 10.6. The Labute approximate surface area is 156 Å². The Kier molecular flexibility index (Phi) is 5.86. The largest absolute Gasteiger partial charge is 0.482 e. The van der Waals surface area contributed by atoms with E-state index < -0.39 is 5.97 Å². The molecule has 0 unspecified atom stereocenters. The number of nitrogens with zero attached hydrogens (tertiary/aromatic N) is 1. The fraction of sp³-hybridized carbons (Fsp3) is 0.200. The number of carbonyl (C=O) groups is 1. The van der Waals surface area contributed by atoms with Gasteiger partial charge in [0.2, 0.25) is 0 Å². The molecule has 0 amide bonds. The van der Waals surface area contributed by atoms with Crippen molar-refractivity contribution in [3.05, 3.63) is 70.7 Å². The van der Waals surface area contributed by atoms with Crippen molar-refractivity contribution in [3.63, 3.8) is 0 Å². The van der Waals surface area contributed by atoms with Crippen molar-refractivity contribution in [1.29, 1.82) is 0 Å². The predicted molar refractivity (Wildman–Crippen MR) is 103 cm³/mol. The van der Waals surface area contributed by atoms with Gasteiger partial charge >= 0.3 is 5.97 Å². The lowest BCUT2D eigenvalue weighted by molar-refractivity contribution is -0.147. The van der Waals surface area contributed by atoms with Crippen LogP contribution in [-0.2, 0) is 16.1 Å². The lowest BCUT2D eigenvalue weighted by Gasteiger charge is -2.06. The molecule has 26 heavy (non-hydrogen) atoms. The number of benzene rings is 2. The molecule has 1 heterocycles. The van der Waals surface area contributed by atoms with Gasteiger partial charge in [0.25, 0.3) is 0 Å². The summed E-state index contributed by atoms with van der Waals surface area (Å²) in [6.07, 6.45) is 0. The highest BCUT2D eigenvalue weighted by molar-refractivity contribution is 7.13. The molecule has 0 atom stereocenters. The maximum atomic E-state index is 11.8. The number of carbonyl (C=O) groups excluding carboxylic acids is 1. The number of hydrogen-bond acceptors (Lipinski definition) is 6. The van der Waals surface area contributed by atoms with Crippen LogP contribution in [0.25, 0.3) is 0 Å². The fourth-order valence-electron chi connectivity index (χ4n) is 2.23. The highest BCUT2D eigenvalue weighted by Gasteiger charge is 2.08. The van der Waals surface area contributed by atoms with E-state index in [1.54, 1.807) is 0 Å². The summed E-state index contributed by atoms with van der Waals surface area (Å²) in [4.78, 5) is 16.2. The van der Waals surface area contributed by atoms with Gasteiger partial charge in [-0.2, -0.15) is 0 Å². The van der Waals surface area contributed by atoms with E-state index in [9.17, 15) is 4.79 Å². The third-order valence-corrected chi connectivity index (χ3v) is 4.39. The van der Waals surface area contributed by atoms with Gasteiger partial charge in [-0.05, 0) is 43.7 Å². The highest BCUT2D eigenvalue weighted by atomic mass is 32.1. The van der Waals surface area contributed by atoms with Gasteiger partial charge in [0.05, 0.1) is 5.69 Å². The Morgan fingerprint density at radius 1 is 1.12 bits per heavy atom. The molecular weight excluding hydrogens is 348 g/mol. The van der Waals surface area contributed by atoms with E-state index in [1.807, 2.05) is 67.8 Å². The average molecular weight is 368 g/mol. The van der Waals surface area contributed by atoms with Crippen LogP contribution in [0.1, 0.15) is 16.8 Å². The number of nitrogens with one attached hydrogen (secondary N) is 1. The topological polar surface area (TPSA) is 60.5 Å². The van der Waals surface area contributed by atoms with Crippen LogP contribution >= 0.6 is 11.3 Å². The molecule has 1 aromatic heterocycles. The Morgan fingerprint density at radius 3 is 2.69 bits per heavy atom. The molecule has 6 heteroatoms. The van der Waals surface area contributed by atoms with Crippen molar-refractivity contribution < 1.29 is 14.3 Å². The summed E-state index contributed by atoms with van der Waals surface area (Å²) >= 11 is 1.47. The molecule has 0 fully saturated rings. The van der Waals surface area contributed by atoms with E-state index in [0.29, 0.717) is 11.4 Å². The van der Waals surface area contributed by atoms with E-state index >= 15 is 0 Å². The van der Waals surface area contributed by atoms with Crippen LogP contribution in [0.4, 0.5) is 10.8 Å². The first kappa shape index (κ1) is 17.9. The number of aromatic nitrogens is 1. The Morgan fingerprint density at radius 2 is 1.92 bits per heavy atom. The molecule has 0 aliphatic carbocycles. The summed E-state index contributed by atoms with van der Waals surface area (Å²) in [5.41, 5.74) is 3.95. The van der Waals surface area contributed by atoms with Gasteiger partial charge in [0.15, 0.2) is 11.7 Å². The molecule has 0 radical (unpaired) electrons. The molecule has 0 saturated carbocycles. The molecular formula is C20H20N2O3S. The summed E-state index contributed by atoms with van der Waals surface area (Å²) in [5.74, 6) is 0.229. The molecule has 0 spiro atoms. The number of ether oxygens (including phenoxy) is 2. The smallest absolute Gasteiger partial charge is 0.344 e. The van der Waals surface area contributed by atoms with Crippen molar-refractivity contribution >= 4 is 28.1 Å². The van der Waals surface area contributed by atoms with Gasteiger partial charge in [-0.1, -0.05) is 29.8 Å². The van der Waals surface area contributed by atoms with Crippen molar-refractivity contribution in [2.75, 3.05) is 11.9 Å². The van der Waals surface area contributed by atoms with Gasteiger partial charge in [0, 0.05) is 11.1 Å². The van der Waals surface area contributed by atoms with E-state index in [1.165, 1.54) is 16.9 Å². The van der Waals surface area contributed by atoms with Crippen LogP contribution in [0, 0.1) is 13.8 Å². The van der Waals surface area contributed by atoms with Crippen LogP contribution in [0.5, 0.6) is 5.75 Å². The molecule has 3 aromatic rings. The SMILES string of the molecule is Cc1ccc(Nc2nc(COC(=O)COc3cccc(C)c3)cs2)cc1. The normalized spacial score (nSPS) is 10.4. The molecule has 0 aliphatic rings. The standard InChI is InChI=1S/C20H20N2O3S/c1-14-6-8-16(9-7-14)21-20-22-17(13-26-20)11-25-19(23)12-24-18-5-3-4-15(2)10-18/h3-10,13H,11-12H2,1-2H3,(H,21,22). The number of esters is 1. The maximum Gasteiger partial charge on any atom is 0.344 e. The zero-order valence-corrected chi connectivity index (χ0v) is 15.5. The second-order valence-electron chi connectivity index (χ2n) is 5.90. The van der Waals surface area contributed by atoms with Crippen LogP contribution in [-0.4, -0.2) is 17.6 Å². The number of thiazole rings is 1. The number of anilines is 2. The number of hydrogen-bond donors (Lipinski definition) is 1. The molecule has 3 rings (SSSR count). The van der Waals surface area contributed by atoms with Crippen molar-refractivity contribution in [3.8, 4) is 5.75 Å². The van der Waals surface area contributed by atoms with Crippen molar-refractivity contribution in [2.24, 2.45) is 0 Å². The lowest BCUT2D eigenvalue weighted by atomic mass is 10.2. The zero-order chi connectivity index (χ0) is 18.4. The van der Waals surface area contributed by atoms with E-state index in [0.717, 1.165) is 16.4 Å². The number of rotatable bonds is 7. The summed E-state index contributed by atoms with van der Waals surface area (Å²) in [7, 11) is 0. The first-order valence-corrected chi connectivity index (χ1v) is 9.09. The second-order valence-corrected chi connectivity index (χ2v) is 6.76. The van der Waals surface area contributed by atoms with Crippen LogP contribution < -0.4 is 10.1 Å². The Hall–Kier alpha value is -2.86. The Balaban J connectivity index is 1.45. The maximum absolute atomic E-state index is 11.8. The van der Waals surface area contributed by atoms with E-state index in [-0.39, 0.29) is 13.2 Å². The van der Waals surface area contributed by atoms with Crippen LogP contribution in [0.15, 0.2) is 53.9 Å². The summed E-state index contributed by atoms with van der Waals surface area (Å²) in [5, 5.41) is 5.86. The first-order chi connectivity index (χ1) is 12.6. The molecule has 0 saturated heterocycles. The highest BCUT2D eigenvalue weighted by Crippen LogP contribution is 2.21. The summed E-state index contributed by atoms with van der Waals surface area (Å²) in [6.45, 7) is 4.02. The Bertz CT molecular complexity index is 875. The first-order valence-electron chi connectivity index (χ1n) is 8.22. The average Bonchev–Trinajstić information content (AvgIpc) is 3.08. The molecule has 1 N–H and O–H groups in total. The van der Waals surface area contributed by atoms with E-state index in [2.05, 4.69) is 10.3 Å². The van der Waals surface area contributed by atoms with Crippen LogP contribution in [0.2, 0.25) is 0 Å². The predicted octanol–water partition coefficient (Wildman–Crippen LogP) is 4.63. The van der Waals surface area contributed by atoms with E-state index in [4.69, 9.17) is 9.47 Å². The second kappa shape index (κ2) is 8.49. The zero-order valence-electron chi connectivity index (χ0n) is 14.7. The van der Waals surface area contributed by atoms with Gasteiger partial charge in [-0.3, -0.25) is 0 Å². The van der Waals surface area contributed by atoms with Gasteiger partial charge < -0.3 is 14.8 Å². The fourth-order valence-corrected chi connectivity index (χ4v) is 2.95. The minimum atomic E-state index is -0.424. The molecule has 2 aromatic carbocycles. The minimum absolute atomic E-state index is 0.123. The lowest BCUT2D eigenvalue weighted by Crippen LogP contribution is -2.14. The monoisotopic (exact) mass is 368 g/mol. The quantitative estimate of drug-likeness (QED) is 0.616. The molecule has 0 bridgehead atoms. The third-order valence-electron chi connectivity index (χ3n) is 3.58. The summed E-state index contributed by atoms with van der Waals surface area (Å²) in [6, 6.07) is 15.6. The molecule has 5 nitrogen and oxygen atoms in total. The van der Waals surface area contributed by atoms with Gasteiger partial charge in [-0.25, -0.2) is 9.78 Å². The van der Waals surface area contributed by atoms with Gasteiger partial charge in [-0.15, -0.1) is 11.3 Å². The molecule has 0 aliphatic heterocycles. The van der Waals surface area contributed by atoms with Crippen molar-refractivity contribution in [2.45, 2.75) is 20.5 Å². The molecule has 134 valence electrons.